The van der Waals surface area contributed by atoms with Crippen molar-refractivity contribution in [1.29, 1.82) is 0 Å². The Bertz CT molecular complexity index is 539. The van der Waals surface area contributed by atoms with Crippen LogP contribution in [0.5, 0.6) is 0 Å². The molecule has 0 aliphatic heterocycles. The van der Waals surface area contributed by atoms with Crippen molar-refractivity contribution in [1.82, 2.24) is 4.98 Å². The molecule has 10 nitrogen and oxygen atoms in total. The molecule has 1 aromatic rings. The molecule has 0 amide bonds. The van der Waals surface area contributed by atoms with E-state index >= 15 is 0 Å². The summed E-state index contributed by atoms with van der Waals surface area (Å²) in [7, 11) is 0. The molecule has 0 saturated carbocycles. The van der Waals surface area contributed by atoms with Crippen LogP contribution in [0.1, 0.15) is 23.2 Å². The number of nitrogens with zero attached hydrogens (tertiary/aromatic N) is 1. The predicted octanol–water partition coefficient (Wildman–Crippen LogP) is -5.81. The number of aliphatic hydroxyl groups is 1. The van der Waals surface area contributed by atoms with E-state index in [1.807, 2.05) is 0 Å². The van der Waals surface area contributed by atoms with Gasteiger partial charge in [-0.3, -0.25) is 4.98 Å². The molecule has 0 aliphatic carbocycles. The Morgan fingerprint density at radius 3 is 1.77 bits per heavy atom. The first-order chi connectivity index (χ1) is 10.1. The van der Waals surface area contributed by atoms with Gasteiger partial charge in [0.05, 0.1) is 11.9 Å². The molecule has 0 aromatic carbocycles. The molecule has 0 spiro atoms. The highest BCUT2D eigenvalue weighted by atomic mass is 16.4. The van der Waals surface area contributed by atoms with Gasteiger partial charge in [-0.25, -0.2) is 0 Å². The van der Waals surface area contributed by atoms with Crippen LogP contribution in [0.25, 0.3) is 0 Å². The third kappa shape index (κ3) is 6.96. The van der Waals surface area contributed by atoms with Crippen LogP contribution in [0, 0.1) is 0 Å². The fourth-order valence-electron chi connectivity index (χ4n) is 1.17. The largest absolute Gasteiger partial charge is 0.550 e. The first kappa shape index (κ1) is 19.0. The van der Waals surface area contributed by atoms with Crippen LogP contribution in [0.2, 0.25) is 0 Å². The van der Waals surface area contributed by atoms with Crippen LogP contribution < -0.4 is 20.4 Å². The third-order valence-corrected chi connectivity index (χ3v) is 2.15. The van der Waals surface area contributed by atoms with Gasteiger partial charge in [-0.2, -0.15) is 0 Å². The Morgan fingerprint density at radius 2 is 1.55 bits per heavy atom. The van der Waals surface area contributed by atoms with Crippen molar-refractivity contribution in [3.63, 3.8) is 0 Å². The Labute approximate surface area is 123 Å². The SMILES string of the molecule is O=C([O-])CC(O)(CC(=O)[O-])C(=O)[O-].O=C([O-])c1cccnc1. The zero-order valence-electron chi connectivity index (χ0n) is 10.9. The molecule has 1 aromatic heterocycles. The van der Waals surface area contributed by atoms with E-state index in [4.69, 9.17) is 5.11 Å². The van der Waals surface area contributed by atoms with Crippen LogP contribution in [-0.4, -0.2) is 39.6 Å². The summed E-state index contributed by atoms with van der Waals surface area (Å²) < 4.78 is 0. The highest BCUT2D eigenvalue weighted by Gasteiger charge is 2.29. The van der Waals surface area contributed by atoms with Crippen LogP contribution in [0.15, 0.2) is 24.5 Å². The fraction of sp³-hybridized carbons (Fsp3) is 0.250. The average molecular weight is 311 g/mol. The Balaban J connectivity index is 0.000000425. The van der Waals surface area contributed by atoms with Gasteiger partial charge >= 0.3 is 0 Å². The average Bonchev–Trinajstić information content (AvgIpc) is 2.38. The minimum atomic E-state index is -2.97. The minimum Gasteiger partial charge on any atom is -0.550 e. The van der Waals surface area contributed by atoms with E-state index in [0.29, 0.717) is 0 Å². The number of carboxylic acid groups (broad SMARTS) is 4. The van der Waals surface area contributed by atoms with Gasteiger partial charge in [-0.1, -0.05) is 6.07 Å². The number of carbonyl (C=O) groups excluding carboxylic acids is 4. The molecule has 10 heteroatoms. The highest BCUT2D eigenvalue weighted by Crippen LogP contribution is 2.13. The molecule has 0 bridgehead atoms. The van der Waals surface area contributed by atoms with E-state index in [9.17, 15) is 39.6 Å². The van der Waals surface area contributed by atoms with Gasteiger partial charge in [0.15, 0.2) is 0 Å². The van der Waals surface area contributed by atoms with E-state index in [1.54, 1.807) is 6.07 Å². The summed E-state index contributed by atoms with van der Waals surface area (Å²) in [5.74, 6) is -7.18. The first-order valence-corrected chi connectivity index (χ1v) is 5.53. The second-order valence-corrected chi connectivity index (χ2v) is 3.95. The Hall–Kier alpha value is -3.01. The van der Waals surface area contributed by atoms with E-state index in [2.05, 4.69) is 4.98 Å². The van der Waals surface area contributed by atoms with Crippen LogP contribution in [-0.2, 0) is 14.4 Å². The monoisotopic (exact) mass is 311 g/mol. The van der Waals surface area contributed by atoms with Gasteiger partial charge in [-0.15, -0.1) is 0 Å². The number of pyridine rings is 1. The van der Waals surface area contributed by atoms with Crippen molar-refractivity contribution in [2.24, 2.45) is 0 Å². The zero-order valence-corrected chi connectivity index (χ0v) is 10.9. The molecule has 0 aliphatic rings. The summed E-state index contributed by atoms with van der Waals surface area (Å²) in [4.78, 5) is 43.6. The molecule has 1 heterocycles. The zero-order chi connectivity index (χ0) is 17.3. The lowest BCUT2D eigenvalue weighted by atomic mass is 9.96. The first-order valence-electron chi connectivity index (χ1n) is 5.53. The third-order valence-electron chi connectivity index (χ3n) is 2.15. The molecule has 0 radical (unpaired) electrons. The van der Waals surface area contributed by atoms with Gasteiger partial charge in [0.1, 0.15) is 5.60 Å². The van der Waals surface area contributed by atoms with Gasteiger partial charge < -0.3 is 44.7 Å². The molecule has 1 rings (SSSR count). The summed E-state index contributed by atoms with van der Waals surface area (Å²) in [6.07, 6.45) is 0.0361. The maximum absolute atomic E-state index is 10.1. The molecule has 1 N–H and O–H groups in total. The van der Waals surface area contributed by atoms with Crippen molar-refractivity contribution in [2.45, 2.75) is 18.4 Å². The van der Waals surface area contributed by atoms with Crippen molar-refractivity contribution >= 4 is 23.9 Å². The fourth-order valence-corrected chi connectivity index (χ4v) is 1.17. The number of aromatic carboxylic acids is 1. The quantitative estimate of drug-likeness (QED) is 0.528. The van der Waals surface area contributed by atoms with Gasteiger partial charge in [0.2, 0.25) is 0 Å². The van der Waals surface area contributed by atoms with E-state index in [-0.39, 0.29) is 5.56 Å². The number of hydrogen-bond donors (Lipinski definition) is 1. The van der Waals surface area contributed by atoms with Crippen LogP contribution in [0.4, 0.5) is 0 Å². The highest BCUT2D eigenvalue weighted by molar-refractivity contribution is 5.86. The summed E-state index contributed by atoms with van der Waals surface area (Å²) >= 11 is 0. The number of carbonyl (C=O) groups is 4. The summed E-state index contributed by atoms with van der Waals surface area (Å²) in [6.45, 7) is 0. The second-order valence-electron chi connectivity index (χ2n) is 3.95. The normalized spacial score (nSPS) is 10.0. The van der Waals surface area contributed by atoms with Gasteiger partial charge in [-0.05, 0) is 6.07 Å². The number of carboxylic acids is 4. The van der Waals surface area contributed by atoms with Gasteiger partial charge in [0, 0.05) is 42.7 Å². The lowest BCUT2D eigenvalue weighted by Gasteiger charge is -2.29. The Kier molecular flexibility index (Phi) is 7.18. The van der Waals surface area contributed by atoms with E-state index < -0.39 is 42.3 Å². The molecular formula is C12H9NO9-4. The van der Waals surface area contributed by atoms with Crippen molar-refractivity contribution in [3.8, 4) is 0 Å². The molecule has 0 unspecified atom stereocenters. The summed E-state index contributed by atoms with van der Waals surface area (Å²) in [6, 6.07) is 2.98. The van der Waals surface area contributed by atoms with E-state index in [1.165, 1.54) is 18.5 Å². The molecular weight excluding hydrogens is 302 g/mol. The maximum atomic E-state index is 10.1. The maximum Gasteiger partial charge on any atom is 0.114 e. The van der Waals surface area contributed by atoms with E-state index in [0.717, 1.165) is 0 Å². The topological polar surface area (TPSA) is 194 Å². The lowest BCUT2D eigenvalue weighted by Crippen LogP contribution is -2.54. The lowest BCUT2D eigenvalue weighted by molar-refractivity contribution is -0.339. The number of hydrogen-bond acceptors (Lipinski definition) is 10. The molecule has 0 fully saturated rings. The number of aliphatic carboxylic acids is 3. The van der Waals surface area contributed by atoms with Gasteiger partial charge in [0.25, 0.3) is 0 Å². The number of aromatic nitrogens is 1. The smallest absolute Gasteiger partial charge is 0.114 e. The minimum absolute atomic E-state index is 0.109. The van der Waals surface area contributed by atoms with Crippen LogP contribution >= 0.6 is 0 Å². The standard InChI is InChI=1S/C6H5NO2.C6H8O7/c8-6(9)5-2-1-3-7-4-5;7-3(8)1-6(13,5(11)12)2-4(9)10/h1-4H,(H,8,9);13H,1-2H2,(H,7,8)(H,9,10)(H,11,12)/p-4. The summed E-state index contributed by atoms with van der Waals surface area (Å²) in [5.41, 5.74) is -2.87. The number of rotatable bonds is 6. The predicted molar refractivity (Wildman–Crippen MR) is 57.8 cm³/mol. The molecule has 0 saturated heterocycles. The Morgan fingerprint density at radius 1 is 1.05 bits per heavy atom. The second kappa shape index (κ2) is 8.32. The molecule has 0 atom stereocenters. The van der Waals surface area contributed by atoms with Crippen molar-refractivity contribution < 1.29 is 44.7 Å². The molecule has 120 valence electrons. The van der Waals surface area contributed by atoms with Crippen molar-refractivity contribution in [2.75, 3.05) is 0 Å². The summed E-state index contributed by atoms with van der Waals surface area (Å²) in [5, 5.41) is 49.0. The molecule has 22 heavy (non-hydrogen) atoms. The van der Waals surface area contributed by atoms with Crippen molar-refractivity contribution in [3.05, 3.63) is 30.1 Å². The van der Waals surface area contributed by atoms with Crippen LogP contribution in [0.3, 0.4) is 0 Å².